The normalized spacial score (nSPS) is 11.8. The fraction of sp³-hybridized carbons (Fsp3) is 0.278. The van der Waals surface area contributed by atoms with E-state index in [0.717, 1.165) is 17.3 Å². The number of carbonyl (C=O) groups excluding carboxylic acids is 1. The van der Waals surface area contributed by atoms with Gasteiger partial charge >= 0.3 is 0 Å². The number of hydrogen-bond donors (Lipinski definition) is 1. The van der Waals surface area contributed by atoms with Crippen LogP contribution in [0, 0.1) is 0 Å². The lowest BCUT2D eigenvalue weighted by Gasteiger charge is -2.15. The van der Waals surface area contributed by atoms with Gasteiger partial charge in [-0.1, -0.05) is 46.3 Å². The van der Waals surface area contributed by atoms with Gasteiger partial charge in [-0.15, -0.1) is 0 Å². The van der Waals surface area contributed by atoms with Gasteiger partial charge < -0.3 is 10.1 Å². The highest BCUT2D eigenvalue weighted by Crippen LogP contribution is 2.23. The van der Waals surface area contributed by atoms with Crippen LogP contribution < -0.4 is 10.1 Å². The molecule has 3 nitrogen and oxygen atoms in total. The average Bonchev–Trinajstić information content (AvgIpc) is 2.54. The average molecular weight is 362 g/mol. The molecule has 0 spiro atoms. The number of benzene rings is 2. The summed E-state index contributed by atoms with van der Waals surface area (Å²) < 4.78 is 6.11. The van der Waals surface area contributed by atoms with Gasteiger partial charge in [-0.25, -0.2) is 0 Å². The number of aryl methyl sites for hydroxylation is 1. The molecule has 1 amide bonds. The quantitative estimate of drug-likeness (QED) is 0.836. The summed E-state index contributed by atoms with van der Waals surface area (Å²) >= 11 is 3.39. The largest absolute Gasteiger partial charge is 0.496 e. The van der Waals surface area contributed by atoms with E-state index in [0.29, 0.717) is 11.3 Å². The number of amides is 1. The van der Waals surface area contributed by atoms with E-state index >= 15 is 0 Å². The number of methoxy groups -OCH3 is 1. The van der Waals surface area contributed by atoms with Crippen molar-refractivity contribution in [3.8, 4) is 5.75 Å². The molecule has 2 aromatic carbocycles. The second kappa shape index (κ2) is 7.99. The van der Waals surface area contributed by atoms with Gasteiger partial charge in [0.2, 0.25) is 0 Å². The molecule has 0 saturated heterocycles. The Bertz CT molecular complexity index is 628. The first-order valence-electron chi connectivity index (χ1n) is 7.28. The summed E-state index contributed by atoms with van der Waals surface area (Å²) in [6.45, 7) is 2.02. The minimum absolute atomic E-state index is 0.0939. The smallest absolute Gasteiger partial charge is 0.255 e. The number of halogens is 1. The third-order valence-corrected chi connectivity index (χ3v) is 3.99. The summed E-state index contributed by atoms with van der Waals surface area (Å²) in [5.74, 6) is 0.467. The van der Waals surface area contributed by atoms with Crippen LogP contribution in [0.25, 0.3) is 0 Å². The Morgan fingerprint density at radius 3 is 2.64 bits per heavy atom. The number of ether oxygens (including phenoxy) is 1. The summed E-state index contributed by atoms with van der Waals surface area (Å²) in [5, 5.41) is 3.03. The number of carbonyl (C=O) groups is 1. The van der Waals surface area contributed by atoms with Crippen LogP contribution >= 0.6 is 15.9 Å². The molecule has 0 aliphatic carbocycles. The Hall–Kier alpha value is -1.81. The van der Waals surface area contributed by atoms with Crippen molar-refractivity contribution < 1.29 is 9.53 Å². The van der Waals surface area contributed by atoms with Crippen LogP contribution in [-0.2, 0) is 6.42 Å². The molecule has 0 radical (unpaired) electrons. The molecule has 0 saturated carbocycles. The minimum atomic E-state index is -0.112. The monoisotopic (exact) mass is 361 g/mol. The van der Waals surface area contributed by atoms with Crippen LogP contribution in [0.1, 0.15) is 29.3 Å². The van der Waals surface area contributed by atoms with Crippen LogP contribution in [0.15, 0.2) is 53.0 Å². The van der Waals surface area contributed by atoms with Crippen molar-refractivity contribution in [2.45, 2.75) is 25.8 Å². The van der Waals surface area contributed by atoms with Crippen LogP contribution in [0.3, 0.4) is 0 Å². The molecule has 116 valence electrons. The maximum absolute atomic E-state index is 12.4. The van der Waals surface area contributed by atoms with Crippen molar-refractivity contribution in [2.24, 2.45) is 0 Å². The van der Waals surface area contributed by atoms with Crippen molar-refractivity contribution in [1.29, 1.82) is 0 Å². The lowest BCUT2D eigenvalue weighted by atomic mass is 10.1. The van der Waals surface area contributed by atoms with Gasteiger partial charge in [0, 0.05) is 10.5 Å². The predicted molar refractivity (Wildman–Crippen MR) is 92.4 cm³/mol. The first-order chi connectivity index (χ1) is 10.6. The van der Waals surface area contributed by atoms with E-state index in [1.54, 1.807) is 19.2 Å². The van der Waals surface area contributed by atoms with Crippen molar-refractivity contribution in [1.82, 2.24) is 5.32 Å². The Balaban J connectivity index is 1.95. The molecule has 4 heteroatoms. The summed E-state index contributed by atoms with van der Waals surface area (Å²) in [7, 11) is 1.57. The maximum atomic E-state index is 12.4. The molecule has 0 bridgehead atoms. The van der Waals surface area contributed by atoms with Gasteiger partial charge in [0.05, 0.1) is 12.7 Å². The first kappa shape index (κ1) is 16.6. The van der Waals surface area contributed by atoms with E-state index in [-0.39, 0.29) is 11.9 Å². The second-order valence-corrected chi connectivity index (χ2v) is 6.16. The summed E-state index contributed by atoms with van der Waals surface area (Å²) in [5.41, 5.74) is 1.83. The van der Waals surface area contributed by atoms with Gasteiger partial charge in [0.25, 0.3) is 5.91 Å². The fourth-order valence-corrected chi connectivity index (χ4v) is 2.62. The van der Waals surface area contributed by atoms with E-state index in [4.69, 9.17) is 4.74 Å². The predicted octanol–water partition coefficient (Wildman–Crippen LogP) is 4.21. The molecule has 0 aromatic heterocycles. The van der Waals surface area contributed by atoms with E-state index in [2.05, 4.69) is 33.4 Å². The summed E-state index contributed by atoms with van der Waals surface area (Å²) in [6, 6.07) is 15.8. The van der Waals surface area contributed by atoms with Crippen LogP contribution in [0.4, 0.5) is 0 Å². The van der Waals surface area contributed by atoms with Gasteiger partial charge in [0.1, 0.15) is 5.75 Å². The van der Waals surface area contributed by atoms with Gasteiger partial charge in [-0.3, -0.25) is 4.79 Å². The molecule has 0 fully saturated rings. The molecule has 0 aliphatic rings. The number of hydrogen-bond acceptors (Lipinski definition) is 2. The Labute approximate surface area is 139 Å². The molecule has 2 rings (SSSR count). The highest BCUT2D eigenvalue weighted by atomic mass is 79.9. The van der Waals surface area contributed by atoms with Crippen LogP contribution in [0.5, 0.6) is 5.75 Å². The zero-order valence-corrected chi connectivity index (χ0v) is 14.4. The zero-order chi connectivity index (χ0) is 15.9. The van der Waals surface area contributed by atoms with Crippen molar-refractivity contribution >= 4 is 21.8 Å². The lowest BCUT2D eigenvalue weighted by molar-refractivity contribution is 0.0935. The van der Waals surface area contributed by atoms with E-state index in [1.165, 1.54) is 5.56 Å². The molecule has 1 N–H and O–H groups in total. The minimum Gasteiger partial charge on any atom is -0.496 e. The molecule has 0 heterocycles. The SMILES string of the molecule is COc1ccc(Br)cc1C(=O)NC(C)CCc1ccccc1. The second-order valence-electron chi connectivity index (χ2n) is 5.24. The van der Waals surface area contributed by atoms with E-state index < -0.39 is 0 Å². The van der Waals surface area contributed by atoms with Crippen LogP contribution in [-0.4, -0.2) is 19.1 Å². The summed E-state index contributed by atoms with van der Waals surface area (Å²) in [6.07, 6.45) is 1.84. The number of nitrogens with one attached hydrogen (secondary N) is 1. The lowest BCUT2D eigenvalue weighted by Crippen LogP contribution is -2.33. The molecular weight excluding hydrogens is 342 g/mol. The molecule has 2 aromatic rings. The van der Waals surface area contributed by atoms with E-state index in [9.17, 15) is 4.79 Å². The Morgan fingerprint density at radius 2 is 1.95 bits per heavy atom. The number of rotatable bonds is 6. The molecular formula is C18H20BrNO2. The van der Waals surface area contributed by atoms with Gasteiger partial charge in [-0.05, 0) is 43.5 Å². The molecule has 1 atom stereocenters. The van der Waals surface area contributed by atoms with E-state index in [1.807, 2.05) is 31.2 Å². The third kappa shape index (κ3) is 4.60. The van der Waals surface area contributed by atoms with Crippen LogP contribution in [0.2, 0.25) is 0 Å². The molecule has 22 heavy (non-hydrogen) atoms. The standard InChI is InChI=1S/C18H20BrNO2/c1-13(8-9-14-6-4-3-5-7-14)20-18(21)16-12-15(19)10-11-17(16)22-2/h3-7,10-13H,8-9H2,1-2H3,(H,20,21). The maximum Gasteiger partial charge on any atom is 0.255 e. The first-order valence-corrected chi connectivity index (χ1v) is 8.08. The van der Waals surface area contributed by atoms with Crippen molar-refractivity contribution in [3.05, 3.63) is 64.1 Å². The summed E-state index contributed by atoms with van der Waals surface area (Å²) in [4.78, 5) is 12.4. The highest BCUT2D eigenvalue weighted by Gasteiger charge is 2.15. The molecule has 1 unspecified atom stereocenters. The Morgan fingerprint density at radius 1 is 1.23 bits per heavy atom. The zero-order valence-electron chi connectivity index (χ0n) is 12.8. The molecule has 0 aliphatic heterocycles. The highest BCUT2D eigenvalue weighted by molar-refractivity contribution is 9.10. The third-order valence-electron chi connectivity index (χ3n) is 3.49. The van der Waals surface area contributed by atoms with Crippen molar-refractivity contribution in [3.63, 3.8) is 0 Å². The van der Waals surface area contributed by atoms with Crippen molar-refractivity contribution in [2.75, 3.05) is 7.11 Å². The van der Waals surface area contributed by atoms with Gasteiger partial charge in [0.15, 0.2) is 0 Å². The van der Waals surface area contributed by atoms with Gasteiger partial charge in [-0.2, -0.15) is 0 Å². The topological polar surface area (TPSA) is 38.3 Å². The fourth-order valence-electron chi connectivity index (χ4n) is 2.26. The Kier molecular flexibility index (Phi) is 6.01.